The van der Waals surface area contributed by atoms with Crippen LogP contribution in [-0.4, -0.2) is 31.1 Å². The van der Waals surface area contributed by atoms with Crippen molar-refractivity contribution in [2.45, 2.75) is 13.2 Å². The fourth-order valence-corrected chi connectivity index (χ4v) is 2.60. The van der Waals surface area contributed by atoms with Gasteiger partial charge in [-0.1, -0.05) is 30.3 Å². The summed E-state index contributed by atoms with van der Waals surface area (Å²) in [5, 5.41) is 16.7. The third-order valence-corrected chi connectivity index (χ3v) is 3.94. The molecule has 1 aliphatic rings. The molecule has 2 aromatic rings. The normalized spacial score (nSPS) is 19.1. The molecule has 0 aliphatic carbocycles. The van der Waals surface area contributed by atoms with Gasteiger partial charge in [-0.15, -0.1) is 0 Å². The number of hydrazone groups is 1. The van der Waals surface area contributed by atoms with E-state index in [9.17, 15) is 5.11 Å². The van der Waals surface area contributed by atoms with Crippen LogP contribution < -0.4 is 9.91 Å². The van der Waals surface area contributed by atoms with Gasteiger partial charge in [0, 0.05) is 25.4 Å². The third kappa shape index (κ3) is 3.12. The van der Waals surface area contributed by atoms with E-state index in [2.05, 4.69) is 22.1 Å². The number of benzene rings is 2. The maximum atomic E-state index is 10.6. The van der Waals surface area contributed by atoms with Crippen LogP contribution in [0.5, 0.6) is 0 Å². The van der Waals surface area contributed by atoms with Crippen molar-refractivity contribution in [1.82, 2.24) is 0 Å². The molecular formula is C19H21N3O. The zero-order valence-corrected chi connectivity index (χ0v) is 13.6. The highest BCUT2D eigenvalue weighted by Gasteiger charge is 2.28. The van der Waals surface area contributed by atoms with Crippen LogP contribution in [0, 0.1) is 0 Å². The minimum atomic E-state index is -0.758. The minimum absolute atomic E-state index is 0.758. The van der Waals surface area contributed by atoms with E-state index in [1.54, 1.807) is 5.01 Å². The number of nitrogens with zero attached hydrogens (tertiary/aromatic N) is 3. The van der Waals surface area contributed by atoms with E-state index in [0.717, 1.165) is 28.2 Å². The predicted octanol–water partition coefficient (Wildman–Crippen LogP) is 3.35. The number of rotatable bonds is 3. The summed E-state index contributed by atoms with van der Waals surface area (Å²) in [6, 6.07) is 17.9. The fraction of sp³-hybridized carbons (Fsp3) is 0.211. The molecule has 1 unspecified atom stereocenters. The highest BCUT2D eigenvalue weighted by molar-refractivity contribution is 6.06. The molecule has 0 saturated carbocycles. The Morgan fingerprint density at radius 1 is 1.04 bits per heavy atom. The van der Waals surface area contributed by atoms with Crippen molar-refractivity contribution in [2.24, 2.45) is 5.10 Å². The van der Waals surface area contributed by atoms with E-state index in [1.165, 1.54) is 0 Å². The molecule has 1 N–H and O–H groups in total. The van der Waals surface area contributed by atoms with Gasteiger partial charge in [0.1, 0.15) is 0 Å². The SMILES string of the molecule is CC1=NN(c2ccccc2)C(O)/C1=C/c1ccc(N(C)C)cc1. The molecule has 4 nitrogen and oxygen atoms in total. The van der Waals surface area contributed by atoms with Crippen LogP contribution >= 0.6 is 0 Å². The summed E-state index contributed by atoms with van der Waals surface area (Å²) in [5.41, 5.74) is 4.74. The van der Waals surface area contributed by atoms with Gasteiger partial charge in [-0.05, 0) is 42.8 Å². The Labute approximate surface area is 137 Å². The minimum Gasteiger partial charge on any atom is -0.378 e. The molecule has 1 heterocycles. The van der Waals surface area contributed by atoms with Crippen LogP contribution in [0.1, 0.15) is 12.5 Å². The first-order valence-corrected chi connectivity index (χ1v) is 7.63. The molecule has 2 aromatic carbocycles. The van der Waals surface area contributed by atoms with Crippen molar-refractivity contribution < 1.29 is 5.11 Å². The van der Waals surface area contributed by atoms with Gasteiger partial charge < -0.3 is 10.0 Å². The van der Waals surface area contributed by atoms with E-state index in [1.807, 2.05) is 69.6 Å². The van der Waals surface area contributed by atoms with E-state index in [-0.39, 0.29) is 0 Å². The molecule has 23 heavy (non-hydrogen) atoms. The van der Waals surface area contributed by atoms with Gasteiger partial charge >= 0.3 is 0 Å². The second-order valence-corrected chi connectivity index (χ2v) is 5.82. The molecule has 0 aromatic heterocycles. The summed E-state index contributed by atoms with van der Waals surface area (Å²) in [7, 11) is 4.03. The monoisotopic (exact) mass is 307 g/mol. The number of hydrogen-bond donors (Lipinski definition) is 1. The summed E-state index contributed by atoms with van der Waals surface area (Å²) in [4.78, 5) is 2.06. The maximum Gasteiger partial charge on any atom is 0.175 e. The Hall–Kier alpha value is -2.59. The molecule has 1 atom stereocenters. The highest BCUT2D eigenvalue weighted by atomic mass is 16.3. The summed E-state index contributed by atoms with van der Waals surface area (Å²) in [6.07, 6.45) is 1.23. The van der Waals surface area contributed by atoms with Crippen molar-refractivity contribution in [3.05, 3.63) is 65.7 Å². The second kappa shape index (κ2) is 6.26. The van der Waals surface area contributed by atoms with Crippen molar-refractivity contribution in [1.29, 1.82) is 0 Å². The Balaban J connectivity index is 1.87. The topological polar surface area (TPSA) is 39.1 Å². The van der Waals surface area contributed by atoms with E-state index >= 15 is 0 Å². The first-order chi connectivity index (χ1) is 11.1. The second-order valence-electron chi connectivity index (χ2n) is 5.82. The van der Waals surface area contributed by atoms with Gasteiger partial charge in [0.15, 0.2) is 6.23 Å². The summed E-state index contributed by atoms with van der Waals surface area (Å²) in [6.45, 7) is 1.92. The first kappa shape index (κ1) is 15.3. The largest absolute Gasteiger partial charge is 0.378 e. The Bertz CT molecular complexity index is 733. The van der Waals surface area contributed by atoms with Gasteiger partial charge in [-0.3, -0.25) is 0 Å². The average molecular weight is 307 g/mol. The van der Waals surface area contributed by atoms with Crippen LogP contribution in [0.3, 0.4) is 0 Å². The van der Waals surface area contributed by atoms with Crippen LogP contribution in [0.25, 0.3) is 6.08 Å². The standard InChI is InChI=1S/C19H21N3O/c1-14-18(13-15-9-11-16(12-10-15)21(2)3)19(23)22(20-14)17-7-5-4-6-8-17/h4-13,19,23H,1-3H3/b18-13+. The van der Waals surface area contributed by atoms with Crippen LogP contribution in [-0.2, 0) is 0 Å². The molecular weight excluding hydrogens is 286 g/mol. The van der Waals surface area contributed by atoms with Gasteiger partial charge in [0.05, 0.1) is 11.4 Å². The summed E-state index contributed by atoms with van der Waals surface area (Å²) < 4.78 is 0. The summed E-state index contributed by atoms with van der Waals surface area (Å²) in [5.74, 6) is 0. The number of para-hydroxylation sites is 1. The van der Waals surface area contributed by atoms with E-state index in [0.29, 0.717) is 0 Å². The van der Waals surface area contributed by atoms with Gasteiger partial charge in [-0.2, -0.15) is 5.10 Å². The first-order valence-electron chi connectivity index (χ1n) is 7.63. The third-order valence-electron chi connectivity index (χ3n) is 3.94. The molecule has 0 saturated heterocycles. The molecule has 0 fully saturated rings. The molecule has 3 rings (SSSR count). The van der Waals surface area contributed by atoms with Crippen LogP contribution in [0.4, 0.5) is 11.4 Å². The maximum absolute atomic E-state index is 10.6. The lowest BCUT2D eigenvalue weighted by atomic mass is 10.1. The number of anilines is 2. The fourth-order valence-electron chi connectivity index (χ4n) is 2.60. The lowest BCUT2D eigenvalue weighted by Crippen LogP contribution is -2.27. The van der Waals surface area contributed by atoms with Crippen molar-refractivity contribution in [3.8, 4) is 0 Å². The quantitative estimate of drug-likeness (QED) is 0.945. The average Bonchev–Trinajstić information content (AvgIpc) is 2.84. The lowest BCUT2D eigenvalue weighted by molar-refractivity contribution is 0.219. The Kier molecular flexibility index (Phi) is 4.17. The van der Waals surface area contributed by atoms with Gasteiger partial charge in [0.25, 0.3) is 0 Å². The van der Waals surface area contributed by atoms with Crippen molar-refractivity contribution in [2.75, 3.05) is 24.0 Å². The zero-order chi connectivity index (χ0) is 16.4. The lowest BCUT2D eigenvalue weighted by Gasteiger charge is -2.19. The van der Waals surface area contributed by atoms with Crippen molar-refractivity contribution in [3.63, 3.8) is 0 Å². The zero-order valence-electron chi connectivity index (χ0n) is 13.6. The predicted molar refractivity (Wildman–Crippen MR) is 96.8 cm³/mol. The van der Waals surface area contributed by atoms with Crippen LogP contribution in [0.2, 0.25) is 0 Å². The van der Waals surface area contributed by atoms with Crippen LogP contribution in [0.15, 0.2) is 65.3 Å². The smallest absolute Gasteiger partial charge is 0.175 e. The number of hydrogen-bond acceptors (Lipinski definition) is 4. The van der Waals surface area contributed by atoms with E-state index in [4.69, 9.17) is 0 Å². The molecule has 1 aliphatic heterocycles. The number of aliphatic hydroxyl groups is 1. The number of aliphatic hydroxyl groups excluding tert-OH is 1. The van der Waals surface area contributed by atoms with Gasteiger partial charge in [0.2, 0.25) is 0 Å². The van der Waals surface area contributed by atoms with Crippen molar-refractivity contribution >= 4 is 23.2 Å². The summed E-state index contributed by atoms with van der Waals surface area (Å²) >= 11 is 0. The highest BCUT2D eigenvalue weighted by Crippen LogP contribution is 2.28. The molecule has 4 heteroatoms. The Morgan fingerprint density at radius 2 is 1.70 bits per heavy atom. The van der Waals surface area contributed by atoms with Gasteiger partial charge in [-0.25, -0.2) is 5.01 Å². The Morgan fingerprint density at radius 3 is 2.30 bits per heavy atom. The molecule has 118 valence electrons. The molecule has 0 spiro atoms. The molecule has 0 bridgehead atoms. The molecule has 0 amide bonds. The van der Waals surface area contributed by atoms with E-state index < -0.39 is 6.23 Å². The molecule has 0 radical (unpaired) electrons.